The topological polar surface area (TPSA) is 77.4 Å². The first-order chi connectivity index (χ1) is 13.1. The maximum absolute atomic E-state index is 13.1. The number of benzene rings is 2. The summed E-state index contributed by atoms with van der Waals surface area (Å²) in [6.45, 7) is 5.87. The number of thiazole rings is 1. The number of hydrogen-bond acceptors (Lipinski definition) is 5. The van der Waals surface area contributed by atoms with E-state index in [0.717, 1.165) is 28.0 Å². The van der Waals surface area contributed by atoms with Crippen LogP contribution in [-0.2, 0) is 17.1 Å². The standard InChI is InChI=1S/C20H22N2O4S2/c1-12-5-8-17-14(9-12)15(11-20(2,3)26-17)21-28(24,25)13-6-7-16-18(10-13)27-19(23)22(16)4/h5-10,15,21H,11H2,1-4H3. The minimum Gasteiger partial charge on any atom is -0.487 e. The lowest BCUT2D eigenvalue weighted by Gasteiger charge is -2.38. The van der Waals surface area contributed by atoms with E-state index in [2.05, 4.69) is 4.72 Å². The van der Waals surface area contributed by atoms with Gasteiger partial charge in [0.2, 0.25) is 10.0 Å². The van der Waals surface area contributed by atoms with E-state index in [4.69, 9.17) is 4.74 Å². The molecule has 2 heterocycles. The fourth-order valence-corrected chi connectivity index (χ4v) is 5.85. The van der Waals surface area contributed by atoms with Crippen LogP contribution in [-0.4, -0.2) is 18.6 Å². The van der Waals surface area contributed by atoms with E-state index >= 15 is 0 Å². The smallest absolute Gasteiger partial charge is 0.307 e. The van der Waals surface area contributed by atoms with Crippen LogP contribution < -0.4 is 14.3 Å². The molecule has 1 atom stereocenters. The van der Waals surface area contributed by atoms with Crippen LogP contribution in [0.3, 0.4) is 0 Å². The van der Waals surface area contributed by atoms with Gasteiger partial charge in [0.05, 0.1) is 21.2 Å². The van der Waals surface area contributed by atoms with Gasteiger partial charge >= 0.3 is 4.87 Å². The third-order valence-corrected chi connectivity index (χ3v) is 7.46. The Morgan fingerprint density at radius 2 is 1.96 bits per heavy atom. The van der Waals surface area contributed by atoms with Crippen molar-refractivity contribution in [3.63, 3.8) is 0 Å². The monoisotopic (exact) mass is 418 g/mol. The highest BCUT2D eigenvalue weighted by atomic mass is 32.2. The molecule has 8 heteroatoms. The molecule has 0 aliphatic carbocycles. The van der Waals surface area contributed by atoms with Crippen LogP contribution in [0.5, 0.6) is 5.75 Å². The van der Waals surface area contributed by atoms with Gasteiger partial charge in [0.15, 0.2) is 0 Å². The van der Waals surface area contributed by atoms with Gasteiger partial charge in [-0.15, -0.1) is 0 Å². The van der Waals surface area contributed by atoms with E-state index in [9.17, 15) is 13.2 Å². The third kappa shape index (κ3) is 3.36. The first kappa shape index (κ1) is 19.2. The van der Waals surface area contributed by atoms with E-state index < -0.39 is 21.7 Å². The fraction of sp³-hybridized carbons (Fsp3) is 0.350. The van der Waals surface area contributed by atoms with Gasteiger partial charge < -0.3 is 9.30 Å². The number of hydrogen-bond donors (Lipinski definition) is 1. The maximum Gasteiger partial charge on any atom is 0.307 e. The van der Waals surface area contributed by atoms with Gasteiger partial charge in [0.1, 0.15) is 11.4 Å². The van der Waals surface area contributed by atoms with Crippen LogP contribution in [0.15, 0.2) is 46.1 Å². The minimum absolute atomic E-state index is 0.118. The molecule has 2 aromatic carbocycles. The molecule has 0 amide bonds. The Balaban J connectivity index is 1.74. The Hall–Kier alpha value is -2.16. The molecule has 0 bridgehead atoms. The van der Waals surface area contributed by atoms with Crippen molar-refractivity contribution in [2.24, 2.45) is 7.05 Å². The van der Waals surface area contributed by atoms with Crippen molar-refractivity contribution in [1.29, 1.82) is 0 Å². The Labute approximate surface area is 167 Å². The normalized spacial score (nSPS) is 18.6. The van der Waals surface area contributed by atoms with Gasteiger partial charge in [-0.05, 0) is 45.0 Å². The van der Waals surface area contributed by atoms with E-state index in [-0.39, 0.29) is 9.77 Å². The molecule has 0 radical (unpaired) electrons. The molecule has 1 N–H and O–H groups in total. The Morgan fingerprint density at radius 3 is 2.71 bits per heavy atom. The van der Waals surface area contributed by atoms with Gasteiger partial charge in [-0.1, -0.05) is 29.0 Å². The molecular formula is C20H22N2O4S2. The van der Waals surface area contributed by atoms with Gasteiger partial charge in [-0.2, -0.15) is 0 Å². The van der Waals surface area contributed by atoms with Crippen LogP contribution in [0.2, 0.25) is 0 Å². The molecule has 1 aromatic heterocycles. The number of aryl methyl sites for hydroxylation is 2. The van der Waals surface area contributed by atoms with Crippen molar-refractivity contribution < 1.29 is 13.2 Å². The summed E-state index contributed by atoms with van der Waals surface area (Å²) in [7, 11) is -2.09. The summed E-state index contributed by atoms with van der Waals surface area (Å²) in [5.41, 5.74) is 2.12. The first-order valence-electron chi connectivity index (χ1n) is 8.97. The van der Waals surface area contributed by atoms with Crippen molar-refractivity contribution in [2.45, 2.75) is 43.7 Å². The molecule has 3 aromatic rings. The van der Waals surface area contributed by atoms with E-state index in [1.54, 1.807) is 25.2 Å². The molecule has 148 valence electrons. The zero-order chi connectivity index (χ0) is 20.3. The van der Waals surface area contributed by atoms with Crippen LogP contribution in [0.1, 0.15) is 37.4 Å². The predicted octanol–water partition coefficient (Wildman–Crippen LogP) is 3.49. The number of aromatic nitrogens is 1. The number of sulfonamides is 1. The summed E-state index contributed by atoms with van der Waals surface area (Å²) >= 11 is 1.04. The van der Waals surface area contributed by atoms with E-state index in [1.807, 2.05) is 39.0 Å². The number of nitrogens with zero attached hydrogens (tertiary/aromatic N) is 1. The molecule has 1 aliphatic heterocycles. The Kier molecular flexibility index (Phi) is 4.41. The summed E-state index contributed by atoms with van der Waals surface area (Å²) in [5.74, 6) is 0.700. The zero-order valence-corrected chi connectivity index (χ0v) is 17.8. The molecule has 0 saturated heterocycles. The van der Waals surface area contributed by atoms with Gasteiger partial charge in [-0.3, -0.25) is 4.79 Å². The van der Waals surface area contributed by atoms with Crippen molar-refractivity contribution in [1.82, 2.24) is 9.29 Å². The molecule has 4 rings (SSSR count). The average Bonchev–Trinajstić information content (AvgIpc) is 2.88. The second-order valence-corrected chi connectivity index (χ2v) is 10.5. The number of nitrogens with one attached hydrogen (secondary N) is 1. The molecule has 0 fully saturated rings. The summed E-state index contributed by atoms with van der Waals surface area (Å²) in [5, 5.41) is 0. The average molecular weight is 419 g/mol. The van der Waals surface area contributed by atoms with Crippen molar-refractivity contribution in [3.8, 4) is 5.75 Å². The Morgan fingerprint density at radius 1 is 1.21 bits per heavy atom. The molecule has 0 spiro atoms. The summed E-state index contributed by atoms with van der Waals surface area (Å²) < 4.78 is 37.3. The summed E-state index contributed by atoms with van der Waals surface area (Å²) in [6.07, 6.45) is 0.517. The molecule has 6 nitrogen and oxygen atoms in total. The van der Waals surface area contributed by atoms with Crippen LogP contribution in [0, 0.1) is 6.92 Å². The van der Waals surface area contributed by atoms with Crippen molar-refractivity contribution in [3.05, 3.63) is 57.2 Å². The second kappa shape index (κ2) is 6.43. The molecule has 0 saturated carbocycles. The number of rotatable bonds is 3. The van der Waals surface area contributed by atoms with Crippen LogP contribution >= 0.6 is 11.3 Å². The molecule has 28 heavy (non-hydrogen) atoms. The van der Waals surface area contributed by atoms with E-state index in [1.165, 1.54) is 4.57 Å². The fourth-order valence-electron chi connectivity index (χ4n) is 3.62. The maximum atomic E-state index is 13.1. The van der Waals surface area contributed by atoms with Crippen LogP contribution in [0.4, 0.5) is 0 Å². The lowest BCUT2D eigenvalue weighted by Crippen LogP contribution is -2.41. The third-order valence-electron chi connectivity index (χ3n) is 4.99. The molecule has 1 unspecified atom stereocenters. The Bertz CT molecular complexity index is 1240. The number of fused-ring (bicyclic) bond motifs is 2. The van der Waals surface area contributed by atoms with Gasteiger partial charge in [0, 0.05) is 19.0 Å². The SMILES string of the molecule is Cc1ccc2c(c1)C(NS(=O)(=O)c1ccc3c(c1)sc(=O)n3C)CC(C)(C)O2. The second-order valence-electron chi connectivity index (χ2n) is 7.84. The highest BCUT2D eigenvalue weighted by Crippen LogP contribution is 2.40. The first-order valence-corrected chi connectivity index (χ1v) is 11.3. The largest absolute Gasteiger partial charge is 0.487 e. The van der Waals surface area contributed by atoms with Crippen molar-refractivity contribution >= 4 is 31.6 Å². The predicted molar refractivity (Wildman–Crippen MR) is 111 cm³/mol. The quantitative estimate of drug-likeness (QED) is 0.706. The summed E-state index contributed by atoms with van der Waals surface area (Å²) in [6, 6.07) is 10.2. The van der Waals surface area contributed by atoms with E-state index in [0.29, 0.717) is 16.9 Å². The summed E-state index contributed by atoms with van der Waals surface area (Å²) in [4.78, 5) is 11.9. The lowest BCUT2D eigenvalue weighted by molar-refractivity contribution is 0.0701. The molecular weight excluding hydrogens is 396 g/mol. The van der Waals surface area contributed by atoms with Crippen molar-refractivity contribution in [2.75, 3.05) is 0 Å². The van der Waals surface area contributed by atoms with Crippen LogP contribution in [0.25, 0.3) is 10.2 Å². The van der Waals surface area contributed by atoms with Gasteiger partial charge in [0.25, 0.3) is 0 Å². The minimum atomic E-state index is -3.77. The van der Waals surface area contributed by atoms with Gasteiger partial charge in [-0.25, -0.2) is 13.1 Å². The molecule has 1 aliphatic rings. The number of ether oxygens (including phenoxy) is 1. The highest BCUT2D eigenvalue weighted by molar-refractivity contribution is 7.89. The lowest BCUT2D eigenvalue weighted by atomic mass is 9.89. The highest BCUT2D eigenvalue weighted by Gasteiger charge is 2.36. The zero-order valence-electron chi connectivity index (χ0n) is 16.1.